The Morgan fingerprint density at radius 3 is 2.94 bits per heavy atom. The molecule has 1 aromatic carbocycles. The molecule has 1 aliphatic heterocycles. The fourth-order valence-corrected chi connectivity index (χ4v) is 2.49. The van der Waals surface area contributed by atoms with E-state index in [4.69, 9.17) is 4.74 Å². The van der Waals surface area contributed by atoms with Crippen molar-refractivity contribution in [3.05, 3.63) is 29.6 Å². The first-order valence-corrected chi connectivity index (χ1v) is 5.77. The molecule has 0 amide bonds. The fraction of sp³-hybridized carbons (Fsp3) is 0.538. The Kier molecular flexibility index (Phi) is 2.18. The molecule has 0 spiro atoms. The Labute approximate surface area is 94.0 Å². The molecule has 2 aliphatic rings. The lowest BCUT2D eigenvalue weighted by atomic mass is 9.97. The van der Waals surface area contributed by atoms with Crippen molar-refractivity contribution >= 4 is 0 Å². The molecule has 0 radical (unpaired) electrons. The third kappa shape index (κ3) is 1.69. The van der Waals surface area contributed by atoms with Crippen molar-refractivity contribution in [3.63, 3.8) is 0 Å². The van der Waals surface area contributed by atoms with Gasteiger partial charge in [-0.05, 0) is 42.9 Å². The fourth-order valence-electron chi connectivity index (χ4n) is 2.49. The van der Waals surface area contributed by atoms with Gasteiger partial charge in [-0.15, -0.1) is 0 Å². The molecule has 0 aromatic heterocycles. The van der Waals surface area contributed by atoms with Crippen LogP contribution in [-0.4, -0.2) is 17.8 Å². The van der Waals surface area contributed by atoms with Gasteiger partial charge in [0, 0.05) is 18.6 Å². The first-order chi connectivity index (χ1) is 7.71. The van der Waals surface area contributed by atoms with Crippen molar-refractivity contribution in [3.8, 4) is 5.75 Å². The van der Waals surface area contributed by atoms with Crippen molar-refractivity contribution in [1.29, 1.82) is 0 Å². The van der Waals surface area contributed by atoms with Crippen LogP contribution in [0.4, 0.5) is 4.39 Å². The highest BCUT2D eigenvalue weighted by atomic mass is 19.1. The number of rotatable bonds is 3. The van der Waals surface area contributed by atoms with Crippen molar-refractivity contribution in [2.24, 2.45) is 5.41 Å². The van der Waals surface area contributed by atoms with Crippen LogP contribution in [0.25, 0.3) is 0 Å². The lowest BCUT2D eigenvalue weighted by Gasteiger charge is -2.16. The number of ether oxygens (including phenoxy) is 1. The number of fused-ring (bicyclic) bond motifs is 1. The monoisotopic (exact) mass is 222 g/mol. The summed E-state index contributed by atoms with van der Waals surface area (Å²) in [7, 11) is 0. The molecule has 1 N–H and O–H groups in total. The topological polar surface area (TPSA) is 29.5 Å². The SMILES string of the molecule is OCC1(CC2Cc3cc(F)ccc3O2)CC1. The Morgan fingerprint density at radius 2 is 2.25 bits per heavy atom. The minimum Gasteiger partial charge on any atom is -0.490 e. The summed E-state index contributed by atoms with van der Waals surface area (Å²) < 4.78 is 18.8. The van der Waals surface area contributed by atoms with Crippen LogP contribution in [0.2, 0.25) is 0 Å². The van der Waals surface area contributed by atoms with E-state index in [0.29, 0.717) is 0 Å². The molecule has 1 saturated carbocycles. The average molecular weight is 222 g/mol. The summed E-state index contributed by atoms with van der Waals surface area (Å²) in [6.45, 7) is 0.248. The average Bonchev–Trinajstić information content (AvgIpc) is 2.92. The van der Waals surface area contributed by atoms with E-state index in [9.17, 15) is 9.50 Å². The van der Waals surface area contributed by atoms with Gasteiger partial charge in [0.05, 0.1) is 0 Å². The molecule has 2 nitrogen and oxygen atoms in total. The van der Waals surface area contributed by atoms with Gasteiger partial charge in [0.2, 0.25) is 0 Å². The predicted octanol–water partition coefficient (Wildman–Crippen LogP) is 2.29. The number of hydrogen-bond donors (Lipinski definition) is 1. The Balaban J connectivity index is 1.71. The zero-order valence-electron chi connectivity index (χ0n) is 9.08. The highest BCUT2D eigenvalue weighted by molar-refractivity contribution is 5.38. The summed E-state index contributed by atoms with van der Waals surface area (Å²) in [6, 6.07) is 4.68. The zero-order valence-corrected chi connectivity index (χ0v) is 9.08. The first-order valence-electron chi connectivity index (χ1n) is 5.77. The van der Waals surface area contributed by atoms with Gasteiger partial charge in [-0.3, -0.25) is 0 Å². The van der Waals surface area contributed by atoms with Gasteiger partial charge < -0.3 is 9.84 Å². The van der Waals surface area contributed by atoms with Crippen molar-refractivity contribution in [1.82, 2.24) is 0 Å². The first kappa shape index (κ1) is 10.1. The van der Waals surface area contributed by atoms with Gasteiger partial charge in [-0.25, -0.2) is 4.39 Å². The normalized spacial score (nSPS) is 25.0. The largest absolute Gasteiger partial charge is 0.490 e. The van der Waals surface area contributed by atoms with E-state index in [1.165, 1.54) is 6.07 Å². The molecule has 1 aliphatic carbocycles. The van der Waals surface area contributed by atoms with Crippen LogP contribution >= 0.6 is 0 Å². The second kappa shape index (κ2) is 3.45. The molecule has 1 fully saturated rings. The molecule has 16 heavy (non-hydrogen) atoms. The second-order valence-corrected chi connectivity index (χ2v) is 5.06. The Hall–Kier alpha value is -1.09. The van der Waals surface area contributed by atoms with Crippen molar-refractivity contribution < 1.29 is 14.2 Å². The van der Waals surface area contributed by atoms with Crippen LogP contribution in [-0.2, 0) is 6.42 Å². The maximum atomic E-state index is 13.0. The molecular formula is C13H15FO2. The van der Waals surface area contributed by atoms with Gasteiger partial charge in [0.15, 0.2) is 0 Å². The molecule has 1 heterocycles. The molecule has 0 saturated heterocycles. The van der Waals surface area contributed by atoms with Crippen LogP contribution < -0.4 is 4.74 Å². The molecule has 3 rings (SSSR count). The van der Waals surface area contributed by atoms with Gasteiger partial charge in [-0.1, -0.05) is 0 Å². The molecule has 3 heteroatoms. The summed E-state index contributed by atoms with van der Waals surface area (Å²) in [5.41, 5.74) is 1.06. The number of hydrogen-bond acceptors (Lipinski definition) is 2. The summed E-state index contributed by atoms with van der Waals surface area (Å²) in [6.07, 6.45) is 3.96. The second-order valence-electron chi connectivity index (χ2n) is 5.06. The lowest BCUT2D eigenvalue weighted by Crippen LogP contribution is -2.21. The van der Waals surface area contributed by atoms with E-state index >= 15 is 0 Å². The molecule has 1 atom stereocenters. The Bertz CT molecular complexity index is 412. The van der Waals surface area contributed by atoms with Crippen LogP contribution in [0.1, 0.15) is 24.8 Å². The van der Waals surface area contributed by atoms with Crippen LogP contribution in [0.15, 0.2) is 18.2 Å². The van der Waals surface area contributed by atoms with Crippen LogP contribution in [0.5, 0.6) is 5.75 Å². The minimum absolute atomic E-state index is 0.102. The number of aliphatic hydroxyl groups is 1. The van der Waals surface area contributed by atoms with E-state index in [0.717, 1.165) is 37.0 Å². The maximum Gasteiger partial charge on any atom is 0.123 e. The Morgan fingerprint density at radius 1 is 1.44 bits per heavy atom. The summed E-state index contributed by atoms with van der Waals surface area (Å²) in [5.74, 6) is 0.603. The van der Waals surface area contributed by atoms with E-state index in [1.54, 1.807) is 12.1 Å². The smallest absolute Gasteiger partial charge is 0.123 e. The predicted molar refractivity (Wildman–Crippen MR) is 57.9 cm³/mol. The molecule has 1 unspecified atom stereocenters. The van der Waals surface area contributed by atoms with E-state index < -0.39 is 0 Å². The van der Waals surface area contributed by atoms with Crippen LogP contribution in [0.3, 0.4) is 0 Å². The van der Waals surface area contributed by atoms with Crippen molar-refractivity contribution in [2.45, 2.75) is 31.8 Å². The van der Waals surface area contributed by atoms with Crippen LogP contribution in [0, 0.1) is 11.2 Å². The van der Waals surface area contributed by atoms with Gasteiger partial charge >= 0.3 is 0 Å². The molecule has 1 aromatic rings. The molecule has 0 bridgehead atoms. The van der Waals surface area contributed by atoms with E-state index in [1.807, 2.05) is 0 Å². The summed E-state index contributed by atoms with van der Waals surface area (Å²) in [5, 5.41) is 9.26. The lowest BCUT2D eigenvalue weighted by molar-refractivity contribution is 0.137. The molecule has 86 valence electrons. The maximum absolute atomic E-state index is 13.0. The third-order valence-electron chi connectivity index (χ3n) is 3.72. The zero-order chi connectivity index (χ0) is 11.2. The van der Waals surface area contributed by atoms with Gasteiger partial charge in [0.25, 0.3) is 0 Å². The number of aliphatic hydroxyl groups excluding tert-OH is 1. The number of benzene rings is 1. The standard InChI is InChI=1S/C13H15FO2/c14-10-1-2-12-9(5-10)6-11(16-12)7-13(8-15)3-4-13/h1-2,5,11,15H,3-4,6-8H2. The number of halogens is 1. The highest BCUT2D eigenvalue weighted by Gasteiger charge is 2.45. The quantitative estimate of drug-likeness (QED) is 0.850. The van der Waals surface area contributed by atoms with Gasteiger partial charge in [0.1, 0.15) is 17.7 Å². The third-order valence-corrected chi connectivity index (χ3v) is 3.72. The van der Waals surface area contributed by atoms with E-state index in [-0.39, 0.29) is 23.9 Å². The van der Waals surface area contributed by atoms with Gasteiger partial charge in [-0.2, -0.15) is 0 Å². The minimum atomic E-state index is -0.203. The van der Waals surface area contributed by atoms with E-state index in [2.05, 4.69) is 0 Å². The molecular weight excluding hydrogens is 207 g/mol. The highest BCUT2D eigenvalue weighted by Crippen LogP contribution is 2.50. The summed E-state index contributed by atoms with van der Waals surface area (Å²) >= 11 is 0. The van der Waals surface area contributed by atoms with Crippen molar-refractivity contribution in [2.75, 3.05) is 6.61 Å². The summed E-state index contributed by atoms with van der Waals surface area (Å²) in [4.78, 5) is 0.